The summed E-state index contributed by atoms with van der Waals surface area (Å²) in [5.41, 5.74) is 0.975. The summed E-state index contributed by atoms with van der Waals surface area (Å²) in [6.45, 7) is 2.66. The van der Waals surface area contributed by atoms with E-state index in [0.717, 1.165) is 12.1 Å². The lowest BCUT2D eigenvalue weighted by molar-refractivity contribution is -0.135. The first-order chi connectivity index (χ1) is 8.42. The van der Waals surface area contributed by atoms with E-state index in [4.69, 9.17) is 11.6 Å². The molecule has 1 N–H and O–H groups in total. The van der Waals surface area contributed by atoms with E-state index in [9.17, 15) is 13.2 Å². The van der Waals surface area contributed by atoms with Gasteiger partial charge in [0.05, 0.1) is 0 Å². The molecule has 0 aliphatic carbocycles. The van der Waals surface area contributed by atoms with E-state index in [-0.39, 0.29) is 12.5 Å². The first kappa shape index (κ1) is 15.3. The Morgan fingerprint density at radius 1 is 1.22 bits per heavy atom. The first-order valence-corrected chi connectivity index (χ1v) is 6.36. The standard InChI is InChI=1S/C13H17ClF3N/c1-2-18-12(4-3-9-13(15,16)17)10-5-7-11(14)8-6-10/h5-8,12,18H,2-4,9H2,1H3. The van der Waals surface area contributed by atoms with Crippen LogP contribution in [-0.4, -0.2) is 12.7 Å². The van der Waals surface area contributed by atoms with Gasteiger partial charge in [0.2, 0.25) is 0 Å². The number of nitrogens with one attached hydrogen (secondary N) is 1. The summed E-state index contributed by atoms with van der Waals surface area (Å²) in [6.07, 6.45) is -4.21. The second kappa shape index (κ2) is 7.00. The van der Waals surface area contributed by atoms with Gasteiger partial charge in [-0.1, -0.05) is 30.7 Å². The maximum Gasteiger partial charge on any atom is 0.389 e. The molecule has 0 aliphatic rings. The second-order valence-electron chi connectivity index (χ2n) is 4.17. The highest BCUT2D eigenvalue weighted by Crippen LogP contribution is 2.26. The van der Waals surface area contributed by atoms with Crippen molar-refractivity contribution in [3.63, 3.8) is 0 Å². The van der Waals surface area contributed by atoms with Crippen molar-refractivity contribution in [1.29, 1.82) is 0 Å². The second-order valence-corrected chi connectivity index (χ2v) is 4.61. The van der Waals surface area contributed by atoms with E-state index in [2.05, 4.69) is 5.32 Å². The van der Waals surface area contributed by atoms with Gasteiger partial charge in [-0.05, 0) is 37.1 Å². The summed E-state index contributed by atoms with van der Waals surface area (Å²) in [5, 5.41) is 3.82. The Labute approximate surface area is 110 Å². The summed E-state index contributed by atoms with van der Waals surface area (Å²) in [5.74, 6) is 0. The van der Waals surface area contributed by atoms with Gasteiger partial charge in [-0.25, -0.2) is 0 Å². The SMILES string of the molecule is CCNC(CCCC(F)(F)F)c1ccc(Cl)cc1. The quantitative estimate of drug-likeness (QED) is 0.794. The fraction of sp³-hybridized carbons (Fsp3) is 0.538. The number of rotatable bonds is 6. The summed E-state index contributed by atoms with van der Waals surface area (Å²) >= 11 is 5.79. The van der Waals surface area contributed by atoms with E-state index >= 15 is 0 Å². The molecule has 1 unspecified atom stereocenters. The zero-order valence-electron chi connectivity index (χ0n) is 10.2. The van der Waals surface area contributed by atoms with E-state index < -0.39 is 12.6 Å². The highest BCUT2D eigenvalue weighted by Gasteiger charge is 2.26. The Morgan fingerprint density at radius 3 is 2.33 bits per heavy atom. The van der Waals surface area contributed by atoms with Gasteiger partial charge in [0, 0.05) is 17.5 Å². The van der Waals surface area contributed by atoms with Crippen molar-refractivity contribution in [2.75, 3.05) is 6.54 Å². The summed E-state index contributed by atoms with van der Waals surface area (Å²) in [7, 11) is 0. The Balaban J connectivity index is 2.57. The molecule has 0 radical (unpaired) electrons. The van der Waals surface area contributed by atoms with Gasteiger partial charge in [-0.2, -0.15) is 13.2 Å². The monoisotopic (exact) mass is 279 g/mol. The zero-order valence-corrected chi connectivity index (χ0v) is 11.0. The van der Waals surface area contributed by atoms with Crippen molar-refractivity contribution in [3.8, 4) is 0 Å². The van der Waals surface area contributed by atoms with Crippen molar-refractivity contribution in [3.05, 3.63) is 34.9 Å². The van der Waals surface area contributed by atoms with Gasteiger partial charge in [0.25, 0.3) is 0 Å². The van der Waals surface area contributed by atoms with Crippen molar-refractivity contribution < 1.29 is 13.2 Å². The largest absolute Gasteiger partial charge is 0.389 e. The lowest BCUT2D eigenvalue weighted by atomic mass is 10.0. The van der Waals surface area contributed by atoms with Crippen LogP contribution in [0.2, 0.25) is 5.02 Å². The van der Waals surface area contributed by atoms with Crippen LogP contribution in [0, 0.1) is 0 Å². The minimum absolute atomic E-state index is 0.0467. The lowest BCUT2D eigenvalue weighted by Gasteiger charge is -2.18. The van der Waals surface area contributed by atoms with Crippen LogP contribution >= 0.6 is 11.6 Å². The first-order valence-electron chi connectivity index (χ1n) is 5.98. The van der Waals surface area contributed by atoms with Crippen LogP contribution < -0.4 is 5.32 Å². The molecule has 5 heteroatoms. The van der Waals surface area contributed by atoms with Crippen LogP contribution in [0.25, 0.3) is 0 Å². The summed E-state index contributed by atoms with van der Waals surface area (Å²) in [6, 6.07) is 7.16. The molecule has 0 heterocycles. The van der Waals surface area contributed by atoms with Gasteiger partial charge >= 0.3 is 6.18 Å². The Hall–Kier alpha value is -0.740. The predicted octanol–water partition coefficient (Wildman–Crippen LogP) is 4.72. The maximum absolute atomic E-state index is 12.1. The molecule has 0 amide bonds. The number of halogens is 4. The molecule has 1 aromatic rings. The van der Waals surface area contributed by atoms with Crippen LogP contribution in [0.15, 0.2) is 24.3 Å². The summed E-state index contributed by atoms with van der Waals surface area (Å²) < 4.78 is 36.3. The molecule has 1 rings (SSSR count). The van der Waals surface area contributed by atoms with Gasteiger partial charge in [-0.3, -0.25) is 0 Å². The normalized spacial score (nSPS) is 13.6. The third-order valence-electron chi connectivity index (χ3n) is 2.68. The molecular weight excluding hydrogens is 263 g/mol. The number of hydrogen-bond donors (Lipinski definition) is 1. The van der Waals surface area contributed by atoms with Crippen LogP contribution in [-0.2, 0) is 0 Å². The molecule has 18 heavy (non-hydrogen) atoms. The topological polar surface area (TPSA) is 12.0 Å². The van der Waals surface area contributed by atoms with E-state index in [1.54, 1.807) is 12.1 Å². The Morgan fingerprint density at radius 2 is 1.83 bits per heavy atom. The minimum Gasteiger partial charge on any atom is -0.310 e. The molecule has 0 spiro atoms. The Kier molecular flexibility index (Phi) is 5.96. The van der Waals surface area contributed by atoms with E-state index in [1.807, 2.05) is 19.1 Å². The maximum atomic E-state index is 12.1. The fourth-order valence-corrected chi connectivity index (χ4v) is 1.96. The van der Waals surface area contributed by atoms with Gasteiger partial charge in [0.1, 0.15) is 0 Å². The molecule has 0 saturated carbocycles. The zero-order chi connectivity index (χ0) is 13.6. The smallest absolute Gasteiger partial charge is 0.310 e. The molecule has 0 aromatic heterocycles. The van der Waals surface area contributed by atoms with Crippen LogP contribution in [0.3, 0.4) is 0 Å². The van der Waals surface area contributed by atoms with Gasteiger partial charge < -0.3 is 5.32 Å². The van der Waals surface area contributed by atoms with Crippen molar-refractivity contribution in [2.24, 2.45) is 0 Å². The highest BCUT2D eigenvalue weighted by atomic mass is 35.5. The number of benzene rings is 1. The third-order valence-corrected chi connectivity index (χ3v) is 2.93. The van der Waals surface area contributed by atoms with Crippen LogP contribution in [0.1, 0.15) is 37.8 Å². The third kappa shape index (κ3) is 5.74. The van der Waals surface area contributed by atoms with Crippen LogP contribution in [0.5, 0.6) is 0 Å². The highest BCUT2D eigenvalue weighted by molar-refractivity contribution is 6.30. The number of alkyl halides is 3. The predicted molar refractivity (Wildman–Crippen MR) is 67.8 cm³/mol. The van der Waals surface area contributed by atoms with E-state index in [0.29, 0.717) is 11.4 Å². The van der Waals surface area contributed by atoms with Crippen molar-refractivity contribution in [1.82, 2.24) is 5.32 Å². The molecule has 102 valence electrons. The lowest BCUT2D eigenvalue weighted by Crippen LogP contribution is -2.21. The summed E-state index contributed by atoms with van der Waals surface area (Å²) in [4.78, 5) is 0. The average molecular weight is 280 g/mol. The fourth-order valence-electron chi connectivity index (χ4n) is 1.83. The molecule has 1 atom stereocenters. The molecule has 0 saturated heterocycles. The molecule has 1 nitrogen and oxygen atoms in total. The molecule has 0 bridgehead atoms. The molecule has 0 aliphatic heterocycles. The van der Waals surface area contributed by atoms with Gasteiger partial charge in [0.15, 0.2) is 0 Å². The Bertz CT molecular complexity index is 348. The molecule has 0 fully saturated rings. The van der Waals surface area contributed by atoms with Crippen molar-refractivity contribution in [2.45, 2.75) is 38.4 Å². The minimum atomic E-state index is -4.07. The van der Waals surface area contributed by atoms with E-state index in [1.165, 1.54) is 0 Å². The van der Waals surface area contributed by atoms with Crippen LogP contribution in [0.4, 0.5) is 13.2 Å². The molecule has 1 aromatic carbocycles. The van der Waals surface area contributed by atoms with Gasteiger partial charge in [-0.15, -0.1) is 0 Å². The average Bonchev–Trinajstić information content (AvgIpc) is 2.27. The van der Waals surface area contributed by atoms with Crippen molar-refractivity contribution >= 4 is 11.6 Å². The number of hydrogen-bond acceptors (Lipinski definition) is 1. The molecular formula is C13H17ClF3N.